The van der Waals surface area contributed by atoms with E-state index in [-0.39, 0.29) is 118 Å². The van der Waals surface area contributed by atoms with Crippen LogP contribution >= 0.6 is 0 Å². The summed E-state index contributed by atoms with van der Waals surface area (Å²) in [6.07, 6.45) is 0. The maximum atomic E-state index is 11.8. The van der Waals surface area contributed by atoms with Crippen LogP contribution < -0.4 is 26.2 Å². The summed E-state index contributed by atoms with van der Waals surface area (Å²) in [4.78, 5) is 3.94. The van der Waals surface area contributed by atoms with Gasteiger partial charge in [-0.1, -0.05) is 0 Å². The molecule has 0 fully saturated rings. The van der Waals surface area contributed by atoms with Crippen molar-refractivity contribution < 1.29 is 30.2 Å². The van der Waals surface area contributed by atoms with Crippen LogP contribution in [0.4, 0.5) is 34.1 Å². The Morgan fingerprint density at radius 2 is 0.727 bits per heavy atom. The molecule has 0 saturated heterocycles. The van der Waals surface area contributed by atoms with Crippen molar-refractivity contribution in [3.8, 4) is 55.9 Å². The first-order valence-electron chi connectivity index (χ1n) is 44.1. The van der Waals surface area contributed by atoms with E-state index in [4.69, 9.17) is 5.48 Å². The molecule has 7 heteroatoms. The Kier molecular flexibility index (Phi) is 9.61. The van der Waals surface area contributed by atoms with Gasteiger partial charge in [0.25, 0.3) is 0 Å². The van der Waals surface area contributed by atoms with Crippen LogP contribution in [0.25, 0.3) is 117 Å². The number of anilines is 6. The monoisotopic (exact) mass is 1420 g/mol. The Balaban J connectivity index is 1.08. The topological polar surface area (TPSA) is 16.3 Å². The van der Waals surface area contributed by atoms with E-state index in [1.165, 1.54) is 9.13 Å². The summed E-state index contributed by atoms with van der Waals surface area (Å²) in [6, 6.07) is 39.4. The third-order valence-electron chi connectivity index (χ3n) is 19.6. The molecular weight excluding hydrogens is 1330 g/mol. The van der Waals surface area contributed by atoms with Gasteiger partial charge >= 0.3 is 625 Å². The summed E-state index contributed by atoms with van der Waals surface area (Å²) < 4.78 is 223. The molecule has 0 spiro atoms. The summed E-state index contributed by atoms with van der Waals surface area (Å²) in [6.45, 7) is 13.0. The van der Waals surface area contributed by atoms with Gasteiger partial charge in [0.2, 0.25) is 0 Å². The molecule has 0 saturated carbocycles. The van der Waals surface area contributed by atoms with Crippen molar-refractivity contribution in [2.75, 3.05) is 9.80 Å². The average Bonchev–Trinajstić information content (AvgIpc) is 1.56. The van der Waals surface area contributed by atoms with Gasteiger partial charge in [-0.3, -0.25) is 0 Å². The van der Waals surface area contributed by atoms with Crippen LogP contribution in [0.3, 0.4) is 0 Å². The standard InChI is InChI=1S/C92H71BN4Se2/c1-56(2)62-48-71(58-28-12-8-13-29-58)88(72(49-62)59-30-14-9-15-31-59)96-79-54-65(94-77-40-24-20-36-67(77)85-69-38-22-26-42-83(69)98-90(85)94)44-46-75(79)93-76-47-45-66(95-78-41-25-21-37-68(78)86-70-39-23-27-43-84(70)99-91(86)95)55-80(76)97(82-53-64(92(5,6)7)52-81(96)87(82)93)89-73(60-32-16-10-17-33-60)50-63(57(3)4)51-74(89)61-34-18-11-19-35-61/h8-57H,1-7H3/i20D,21D,22D,23D,24D,25D,26D,27D,36D,37D,38D,39D,40D,41D,42D,43D,44D,45D,46D,47D,54D,55D. The van der Waals surface area contributed by atoms with Gasteiger partial charge in [-0.25, -0.2) is 0 Å². The Morgan fingerprint density at radius 3 is 1.08 bits per heavy atom. The van der Waals surface area contributed by atoms with Crippen LogP contribution in [0.2, 0.25) is 0 Å². The second kappa shape index (κ2) is 23.1. The number of rotatable bonds is 10. The molecular formula is C92H71BN4Se2. The minimum atomic E-state index is -1.55. The third kappa shape index (κ3) is 9.39. The molecule has 4 aromatic heterocycles. The van der Waals surface area contributed by atoms with Crippen LogP contribution in [0.5, 0.6) is 0 Å². The van der Waals surface area contributed by atoms with E-state index in [1.807, 2.05) is 143 Å². The van der Waals surface area contributed by atoms with Crippen LogP contribution in [0.15, 0.2) is 291 Å². The van der Waals surface area contributed by atoms with Gasteiger partial charge in [-0.15, -0.1) is 0 Å². The van der Waals surface area contributed by atoms with Gasteiger partial charge in [0.1, 0.15) is 0 Å². The molecule has 0 bridgehead atoms. The van der Waals surface area contributed by atoms with Crippen molar-refractivity contribution >= 4 is 147 Å². The fourth-order valence-electron chi connectivity index (χ4n) is 14.8. The number of aromatic nitrogens is 2. The summed E-state index contributed by atoms with van der Waals surface area (Å²) in [5.41, 5.74) is 8.02. The number of benzene rings is 13. The summed E-state index contributed by atoms with van der Waals surface area (Å²) >= 11 is -2.41. The van der Waals surface area contributed by atoms with E-state index in [0.29, 0.717) is 56.0 Å². The van der Waals surface area contributed by atoms with Gasteiger partial charge < -0.3 is 0 Å². The molecule has 6 heterocycles. The Morgan fingerprint density at radius 1 is 0.384 bits per heavy atom. The Bertz CT molecular complexity index is 6930. The van der Waals surface area contributed by atoms with Gasteiger partial charge in [0.15, 0.2) is 0 Å². The van der Waals surface area contributed by atoms with Gasteiger partial charge in [0, 0.05) is 0 Å². The van der Waals surface area contributed by atoms with Crippen molar-refractivity contribution in [3.63, 3.8) is 0 Å². The fraction of sp³-hybridized carbons (Fsp3) is 0.109. The number of fused-ring (bicyclic) bond motifs is 14. The SMILES string of the molecule is [2H]c1c([2H])c(-n2c3[se]c4c([2H])c([2H])c([2H])c([2H])c4c3c3c([2H])c([2H])c([2H])c([2H])c32)c([2H])c2c1B1c3c(cc(C(C)(C)C)cc3N(c3c(-c4ccccc4)cc(C(C)C)cc3-c3ccccc3)c3c([2H])c(-n4c5[se]c6c([2H])c([2H])c([2H])c([2H])c6c5c5c([2H])c([2H])c([2H])c([2H])c54)c([2H])c([2H])c31)N2c1c(-c2ccccc2)cc(C(C)C)cc1-c1ccccc1. The third-order valence-corrected chi connectivity index (χ3v) is 24.1. The summed E-state index contributed by atoms with van der Waals surface area (Å²) in [5.74, 6) is -0.195. The van der Waals surface area contributed by atoms with E-state index in [2.05, 4.69) is 72.7 Å². The molecule has 0 unspecified atom stereocenters. The van der Waals surface area contributed by atoms with Crippen molar-refractivity contribution in [1.29, 1.82) is 0 Å². The molecule has 17 aromatic rings. The Labute approximate surface area is 621 Å². The molecule has 2 aliphatic heterocycles. The number of nitrogens with zero attached hydrogens (tertiary/aromatic N) is 4. The predicted octanol–water partition coefficient (Wildman–Crippen LogP) is 22.6. The molecule has 0 amide bonds. The van der Waals surface area contributed by atoms with Crippen LogP contribution in [0, 0.1) is 0 Å². The van der Waals surface area contributed by atoms with Gasteiger partial charge in [0.05, 0.1) is 0 Å². The molecule has 4 nitrogen and oxygen atoms in total. The summed E-state index contributed by atoms with van der Waals surface area (Å²) in [5, 5.41) is -0.127. The minimum absolute atomic E-state index is 0.00261. The molecule has 474 valence electrons. The zero-order chi connectivity index (χ0) is 85.7. The molecule has 2 aliphatic rings. The van der Waals surface area contributed by atoms with E-state index >= 15 is 0 Å². The summed E-state index contributed by atoms with van der Waals surface area (Å²) in [7, 11) is 0. The molecule has 0 aliphatic carbocycles. The fourth-order valence-corrected chi connectivity index (χ4v) is 19.5. The molecule has 0 atom stereocenters. The van der Waals surface area contributed by atoms with Crippen LogP contribution in [-0.2, 0) is 5.41 Å². The first kappa shape index (κ1) is 41.1. The van der Waals surface area contributed by atoms with Crippen LogP contribution in [0.1, 0.15) is 107 Å². The quantitative estimate of drug-likeness (QED) is 0.127. The normalized spacial score (nSPS) is 16.0. The maximum absolute atomic E-state index is 11.8. The molecule has 0 radical (unpaired) electrons. The van der Waals surface area contributed by atoms with Crippen LogP contribution in [-0.4, -0.2) is 44.9 Å². The first-order valence-corrected chi connectivity index (χ1v) is 36.5. The van der Waals surface area contributed by atoms with Gasteiger partial charge in [-0.2, -0.15) is 0 Å². The molecule has 13 aromatic carbocycles. The van der Waals surface area contributed by atoms with E-state index in [1.54, 1.807) is 0 Å². The number of hydrogen-bond acceptors (Lipinski definition) is 2. The van der Waals surface area contributed by atoms with E-state index in [0.717, 1.165) is 33.4 Å². The zero-order valence-corrected chi connectivity index (χ0v) is 58.3. The number of hydrogen-bond donors (Lipinski definition) is 0. The second-order valence-corrected chi connectivity index (χ2v) is 31.2. The zero-order valence-electron chi connectivity index (χ0n) is 76.8. The first-order chi connectivity index (χ1) is 57.6. The Hall–Kier alpha value is -10.4. The average molecular weight is 1420 g/mol. The molecule has 19 rings (SSSR count). The van der Waals surface area contributed by atoms with Crippen molar-refractivity contribution in [3.05, 3.63) is 307 Å². The molecule has 0 N–H and O–H groups in total. The second-order valence-electron chi connectivity index (χ2n) is 27.0. The van der Waals surface area contributed by atoms with Gasteiger partial charge in [-0.05, 0) is 0 Å². The van der Waals surface area contributed by atoms with E-state index in [9.17, 15) is 24.7 Å². The molecule has 99 heavy (non-hydrogen) atoms. The predicted molar refractivity (Wildman–Crippen MR) is 427 cm³/mol. The van der Waals surface area contributed by atoms with E-state index < -0.39 is 162 Å². The number of para-hydroxylation sites is 2. The van der Waals surface area contributed by atoms with Crippen molar-refractivity contribution in [1.82, 2.24) is 9.13 Å². The van der Waals surface area contributed by atoms with Crippen molar-refractivity contribution in [2.24, 2.45) is 0 Å². The van der Waals surface area contributed by atoms with Crippen molar-refractivity contribution in [2.45, 2.75) is 65.7 Å².